The van der Waals surface area contributed by atoms with Gasteiger partial charge in [-0.3, -0.25) is 15.5 Å². The maximum Gasteiger partial charge on any atom is 0.332 e. The van der Waals surface area contributed by atoms with E-state index in [0.29, 0.717) is 37.1 Å². The molecule has 0 saturated carbocycles. The third-order valence-corrected chi connectivity index (χ3v) is 3.67. The number of piperidine rings is 1. The quantitative estimate of drug-likeness (QED) is 0.466. The topological polar surface area (TPSA) is 119 Å². The molecule has 2 heterocycles. The molecule has 0 spiro atoms. The van der Waals surface area contributed by atoms with Crippen molar-refractivity contribution in [2.75, 3.05) is 37.1 Å². The van der Waals surface area contributed by atoms with Gasteiger partial charge in [-0.1, -0.05) is 0 Å². The van der Waals surface area contributed by atoms with Crippen molar-refractivity contribution in [3.05, 3.63) is 15.8 Å². The SMILES string of the molecule is COCC1CCN(c2nc(NN)nc(C)c2[N+](=O)[O-])CC1. The van der Waals surface area contributed by atoms with Gasteiger partial charge in [-0.2, -0.15) is 4.98 Å². The van der Waals surface area contributed by atoms with Crippen molar-refractivity contribution < 1.29 is 9.66 Å². The van der Waals surface area contributed by atoms with Crippen molar-refractivity contribution in [1.82, 2.24) is 9.97 Å². The standard InChI is InChI=1S/C12H20N6O3/c1-8-10(18(19)20)11(15-12(14-8)16-13)17-5-3-9(4-6-17)7-21-2/h9H,3-7,13H2,1-2H3,(H,14,15,16). The highest BCUT2D eigenvalue weighted by Crippen LogP contribution is 2.32. The van der Waals surface area contributed by atoms with Gasteiger partial charge in [0, 0.05) is 26.8 Å². The molecule has 1 aromatic heterocycles. The van der Waals surface area contributed by atoms with Gasteiger partial charge in [0.05, 0.1) is 4.92 Å². The second-order valence-corrected chi connectivity index (χ2v) is 5.09. The summed E-state index contributed by atoms with van der Waals surface area (Å²) in [5, 5.41) is 11.3. The molecule has 1 aliphatic heterocycles. The van der Waals surface area contributed by atoms with Gasteiger partial charge in [0.1, 0.15) is 5.69 Å². The highest BCUT2D eigenvalue weighted by molar-refractivity contribution is 5.62. The molecule has 9 nitrogen and oxygen atoms in total. The Bertz CT molecular complexity index is 516. The molecular formula is C12H20N6O3. The van der Waals surface area contributed by atoms with Crippen LogP contribution in [0.2, 0.25) is 0 Å². The lowest BCUT2D eigenvalue weighted by molar-refractivity contribution is -0.385. The van der Waals surface area contributed by atoms with E-state index in [1.54, 1.807) is 14.0 Å². The third kappa shape index (κ3) is 3.37. The first-order chi connectivity index (χ1) is 10.1. The van der Waals surface area contributed by atoms with Crippen LogP contribution in [0.4, 0.5) is 17.5 Å². The van der Waals surface area contributed by atoms with E-state index in [0.717, 1.165) is 12.8 Å². The molecule has 9 heteroatoms. The van der Waals surface area contributed by atoms with Gasteiger partial charge in [0.15, 0.2) is 0 Å². The van der Waals surface area contributed by atoms with E-state index in [1.165, 1.54) is 0 Å². The lowest BCUT2D eigenvalue weighted by Gasteiger charge is -2.32. The summed E-state index contributed by atoms with van der Waals surface area (Å²) in [5.41, 5.74) is 2.60. The van der Waals surface area contributed by atoms with E-state index < -0.39 is 4.92 Å². The van der Waals surface area contributed by atoms with Gasteiger partial charge in [-0.25, -0.2) is 10.8 Å². The fourth-order valence-electron chi connectivity index (χ4n) is 2.60. The summed E-state index contributed by atoms with van der Waals surface area (Å²) in [6.07, 6.45) is 1.83. The first kappa shape index (κ1) is 15.4. The number of anilines is 2. The molecule has 0 unspecified atom stereocenters. The summed E-state index contributed by atoms with van der Waals surface area (Å²) >= 11 is 0. The van der Waals surface area contributed by atoms with Gasteiger partial charge in [0.2, 0.25) is 11.8 Å². The molecule has 0 aromatic carbocycles. The lowest BCUT2D eigenvalue weighted by Crippen LogP contribution is -2.36. The van der Waals surface area contributed by atoms with Crippen LogP contribution in [-0.4, -0.2) is 41.7 Å². The second kappa shape index (κ2) is 6.64. The highest BCUT2D eigenvalue weighted by Gasteiger charge is 2.29. The number of hydrogen-bond donors (Lipinski definition) is 2. The number of hydrogen-bond acceptors (Lipinski definition) is 8. The largest absolute Gasteiger partial charge is 0.384 e. The number of aryl methyl sites for hydroxylation is 1. The fourth-order valence-corrected chi connectivity index (χ4v) is 2.60. The Hall–Kier alpha value is -2.00. The van der Waals surface area contributed by atoms with E-state index in [2.05, 4.69) is 15.4 Å². The normalized spacial score (nSPS) is 16.0. The van der Waals surface area contributed by atoms with Crippen LogP contribution in [-0.2, 0) is 4.74 Å². The van der Waals surface area contributed by atoms with E-state index in [1.807, 2.05) is 4.90 Å². The Labute approximate surface area is 122 Å². The summed E-state index contributed by atoms with van der Waals surface area (Å²) in [6, 6.07) is 0. The molecule has 3 N–H and O–H groups in total. The minimum atomic E-state index is -0.438. The number of methoxy groups -OCH3 is 1. The predicted molar refractivity (Wildman–Crippen MR) is 78.0 cm³/mol. The molecule has 1 fully saturated rings. The van der Waals surface area contributed by atoms with Gasteiger partial charge < -0.3 is 9.64 Å². The monoisotopic (exact) mass is 296 g/mol. The van der Waals surface area contributed by atoms with Crippen molar-refractivity contribution >= 4 is 17.5 Å². The van der Waals surface area contributed by atoms with Crippen LogP contribution in [0.15, 0.2) is 0 Å². The number of nitrogens with one attached hydrogen (secondary N) is 1. The number of hydrazine groups is 1. The predicted octanol–water partition coefficient (Wildman–Crippen LogP) is 0.842. The molecule has 0 radical (unpaired) electrons. The first-order valence-corrected chi connectivity index (χ1v) is 6.80. The van der Waals surface area contributed by atoms with Crippen LogP contribution >= 0.6 is 0 Å². The zero-order valence-electron chi connectivity index (χ0n) is 12.2. The van der Waals surface area contributed by atoms with Crippen LogP contribution < -0.4 is 16.2 Å². The highest BCUT2D eigenvalue weighted by atomic mass is 16.6. The molecule has 1 aromatic rings. The van der Waals surface area contributed by atoms with Crippen LogP contribution in [0, 0.1) is 23.0 Å². The number of ether oxygens (including phenoxy) is 1. The van der Waals surface area contributed by atoms with Crippen molar-refractivity contribution in [2.24, 2.45) is 11.8 Å². The van der Waals surface area contributed by atoms with Gasteiger partial charge in [-0.15, -0.1) is 0 Å². The van der Waals surface area contributed by atoms with E-state index >= 15 is 0 Å². The summed E-state index contributed by atoms with van der Waals surface area (Å²) < 4.78 is 5.16. The van der Waals surface area contributed by atoms with E-state index in [9.17, 15) is 10.1 Å². The molecule has 1 saturated heterocycles. The van der Waals surface area contributed by atoms with Gasteiger partial charge in [0.25, 0.3) is 0 Å². The zero-order chi connectivity index (χ0) is 15.4. The summed E-state index contributed by atoms with van der Waals surface area (Å²) in [4.78, 5) is 20.9. The molecule has 1 aliphatic rings. The molecule has 0 aliphatic carbocycles. The Kier molecular flexibility index (Phi) is 4.86. The summed E-state index contributed by atoms with van der Waals surface area (Å²) in [6.45, 7) is 3.71. The van der Waals surface area contributed by atoms with Crippen LogP contribution in [0.3, 0.4) is 0 Å². The van der Waals surface area contributed by atoms with Crippen molar-refractivity contribution in [1.29, 1.82) is 0 Å². The number of nitrogens with zero attached hydrogens (tertiary/aromatic N) is 4. The number of nitro groups is 1. The second-order valence-electron chi connectivity index (χ2n) is 5.09. The number of rotatable bonds is 5. The number of nitrogens with two attached hydrogens (primary N) is 1. The Morgan fingerprint density at radius 3 is 2.67 bits per heavy atom. The first-order valence-electron chi connectivity index (χ1n) is 6.80. The maximum atomic E-state index is 11.3. The third-order valence-electron chi connectivity index (χ3n) is 3.67. The van der Waals surface area contributed by atoms with E-state index in [4.69, 9.17) is 10.6 Å². The van der Waals surface area contributed by atoms with Crippen LogP contribution in [0.25, 0.3) is 0 Å². The van der Waals surface area contributed by atoms with Gasteiger partial charge in [-0.05, 0) is 25.7 Å². The lowest BCUT2D eigenvalue weighted by atomic mass is 9.98. The molecule has 21 heavy (non-hydrogen) atoms. The number of aromatic nitrogens is 2. The summed E-state index contributed by atoms with van der Waals surface area (Å²) in [7, 11) is 1.68. The van der Waals surface area contributed by atoms with E-state index in [-0.39, 0.29) is 11.6 Å². The Balaban J connectivity index is 2.26. The maximum absolute atomic E-state index is 11.3. The van der Waals surface area contributed by atoms with Crippen molar-refractivity contribution in [3.63, 3.8) is 0 Å². The fraction of sp³-hybridized carbons (Fsp3) is 0.667. The smallest absolute Gasteiger partial charge is 0.332 e. The minimum absolute atomic E-state index is 0.0563. The van der Waals surface area contributed by atoms with Crippen molar-refractivity contribution in [2.45, 2.75) is 19.8 Å². The van der Waals surface area contributed by atoms with Gasteiger partial charge >= 0.3 is 5.69 Å². The molecule has 0 atom stereocenters. The Morgan fingerprint density at radius 1 is 1.48 bits per heavy atom. The van der Waals surface area contributed by atoms with Crippen LogP contribution in [0.5, 0.6) is 0 Å². The summed E-state index contributed by atoms with van der Waals surface area (Å²) in [5.74, 6) is 6.33. The Morgan fingerprint density at radius 2 is 2.14 bits per heavy atom. The average molecular weight is 296 g/mol. The minimum Gasteiger partial charge on any atom is -0.384 e. The molecule has 2 rings (SSSR count). The molecule has 0 amide bonds. The average Bonchev–Trinajstić information content (AvgIpc) is 2.47. The van der Waals surface area contributed by atoms with Crippen LogP contribution in [0.1, 0.15) is 18.5 Å². The molecule has 0 bridgehead atoms. The molecular weight excluding hydrogens is 276 g/mol. The molecule has 116 valence electrons. The number of nitrogen functional groups attached to an aromatic ring is 1. The zero-order valence-corrected chi connectivity index (χ0v) is 12.2. The van der Waals surface area contributed by atoms with Crippen molar-refractivity contribution in [3.8, 4) is 0 Å².